The Kier molecular flexibility index (Phi) is 7.02. The first-order chi connectivity index (χ1) is 17.3. The summed E-state index contributed by atoms with van der Waals surface area (Å²) < 4.78 is 18.0. The second kappa shape index (κ2) is 10.2. The summed E-state index contributed by atoms with van der Waals surface area (Å²) in [6.45, 7) is 3.56. The maximum Gasteiger partial charge on any atom is 0.338 e. The number of carbonyl (C=O) groups is 1. The zero-order valence-electron chi connectivity index (χ0n) is 20.0. The molecule has 3 aromatic rings. The third-order valence-corrected chi connectivity index (χ3v) is 6.64. The van der Waals surface area contributed by atoms with Gasteiger partial charge in [-0.15, -0.1) is 0 Å². The van der Waals surface area contributed by atoms with Gasteiger partial charge in [0.2, 0.25) is 0 Å². The lowest BCUT2D eigenvalue weighted by Gasteiger charge is -2.26. The maximum atomic E-state index is 13.7. The molecular formula is C25H23N3O7S. The summed E-state index contributed by atoms with van der Waals surface area (Å²) in [5, 5.41) is 11.0. The lowest BCUT2D eigenvalue weighted by atomic mass is 9.95. The zero-order valence-corrected chi connectivity index (χ0v) is 20.8. The molecule has 36 heavy (non-hydrogen) atoms. The molecule has 2 aromatic carbocycles. The van der Waals surface area contributed by atoms with Crippen molar-refractivity contribution >= 4 is 29.1 Å². The van der Waals surface area contributed by atoms with E-state index in [1.165, 1.54) is 30.9 Å². The molecule has 0 fully saturated rings. The van der Waals surface area contributed by atoms with E-state index in [1.54, 1.807) is 50.3 Å². The number of allylic oxidation sites excluding steroid dienone is 1. The van der Waals surface area contributed by atoms with Crippen LogP contribution >= 0.6 is 11.3 Å². The number of non-ortho nitro benzene ring substituents is 1. The Morgan fingerprint density at radius 1 is 1.19 bits per heavy atom. The van der Waals surface area contributed by atoms with E-state index in [4.69, 9.17) is 14.2 Å². The van der Waals surface area contributed by atoms with Crippen molar-refractivity contribution < 1.29 is 23.9 Å². The Morgan fingerprint density at radius 3 is 2.53 bits per heavy atom. The molecule has 1 aliphatic rings. The normalized spacial score (nSPS) is 15.2. The molecule has 10 nitrogen and oxygen atoms in total. The van der Waals surface area contributed by atoms with Gasteiger partial charge >= 0.3 is 5.97 Å². The van der Waals surface area contributed by atoms with Crippen molar-refractivity contribution in [3.05, 3.63) is 94.7 Å². The number of benzene rings is 2. The highest BCUT2D eigenvalue weighted by molar-refractivity contribution is 7.07. The molecule has 0 aliphatic carbocycles. The van der Waals surface area contributed by atoms with Crippen molar-refractivity contribution in [2.24, 2.45) is 4.99 Å². The summed E-state index contributed by atoms with van der Waals surface area (Å²) in [6.07, 6.45) is 1.64. The highest BCUT2D eigenvalue weighted by Crippen LogP contribution is 2.37. The first-order valence-electron chi connectivity index (χ1n) is 10.9. The van der Waals surface area contributed by atoms with Crippen LogP contribution in [0.5, 0.6) is 11.5 Å². The van der Waals surface area contributed by atoms with Crippen molar-refractivity contribution in [3.63, 3.8) is 0 Å². The van der Waals surface area contributed by atoms with E-state index in [1.807, 2.05) is 0 Å². The van der Waals surface area contributed by atoms with E-state index < -0.39 is 16.9 Å². The van der Waals surface area contributed by atoms with Gasteiger partial charge in [-0.2, -0.15) is 0 Å². The number of nitrogens with zero attached hydrogens (tertiary/aromatic N) is 3. The molecule has 0 saturated carbocycles. The minimum absolute atomic E-state index is 0.0464. The lowest BCUT2D eigenvalue weighted by molar-refractivity contribution is -0.384. The monoisotopic (exact) mass is 509 g/mol. The van der Waals surface area contributed by atoms with Gasteiger partial charge in [0, 0.05) is 23.8 Å². The Bertz CT molecular complexity index is 1550. The first-order valence-corrected chi connectivity index (χ1v) is 11.8. The fraction of sp³-hybridized carbons (Fsp3) is 0.240. The van der Waals surface area contributed by atoms with Gasteiger partial charge in [-0.1, -0.05) is 11.3 Å². The van der Waals surface area contributed by atoms with E-state index in [0.717, 1.165) is 11.3 Å². The Hall–Kier alpha value is -4.25. The number of hydrogen-bond donors (Lipinski definition) is 0. The van der Waals surface area contributed by atoms with Gasteiger partial charge in [0.05, 0.1) is 41.6 Å². The number of esters is 1. The van der Waals surface area contributed by atoms with Crippen LogP contribution in [0.25, 0.3) is 6.08 Å². The number of fused-ring (bicyclic) bond motifs is 1. The van der Waals surface area contributed by atoms with Crippen molar-refractivity contribution in [1.29, 1.82) is 0 Å². The molecule has 0 radical (unpaired) electrons. The van der Waals surface area contributed by atoms with Crippen LogP contribution in [-0.2, 0) is 9.53 Å². The lowest BCUT2D eigenvalue weighted by Crippen LogP contribution is -2.40. The number of thiazole rings is 1. The number of nitro groups is 1. The fourth-order valence-corrected chi connectivity index (χ4v) is 5.02. The second-order valence-corrected chi connectivity index (χ2v) is 8.77. The maximum absolute atomic E-state index is 13.7. The molecule has 1 atom stereocenters. The zero-order chi connectivity index (χ0) is 26.0. The van der Waals surface area contributed by atoms with Crippen LogP contribution in [0.15, 0.2) is 63.5 Å². The van der Waals surface area contributed by atoms with E-state index in [2.05, 4.69) is 4.99 Å². The van der Waals surface area contributed by atoms with Gasteiger partial charge in [-0.25, -0.2) is 9.79 Å². The summed E-state index contributed by atoms with van der Waals surface area (Å²) in [7, 11) is 3.03. The number of ether oxygens (including phenoxy) is 3. The Morgan fingerprint density at radius 2 is 1.92 bits per heavy atom. The first kappa shape index (κ1) is 24.9. The number of methoxy groups -OCH3 is 2. The molecular weight excluding hydrogens is 486 g/mol. The van der Waals surface area contributed by atoms with Crippen LogP contribution in [0.2, 0.25) is 0 Å². The summed E-state index contributed by atoms with van der Waals surface area (Å²) in [5.41, 5.74) is 1.43. The van der Waals surface area contributed by atoms with Crippen LogP contribution in [0, 0.1) is 10.1 Å². The third-order valence-electron chi connectivity index (χ3n) is 5.65. The molecule has 11 heteroatoms. The second-order valence-electron chi connectivity index (χ2n) is 7.76. The van der Waals surface area contributed by atoms with Crippen molar-refractivity contribution in [3.8, 4) is 11.5 Å². The van der Waals surface area contributed by atoms with E-state index >= 15 is 0 Å². The summed E-state index contributed by atoms with van der Waals surface area (Å²) in [4.78, 5) is 42.1. The van der Waals surface area contributed by atoms with Gasteiger partial charge in [0.1, 0.15) is 17.5 Å². The number of nitro benzene ring substituents is 1. The molecule has 0 amide bonds. The van der Waals surface area contributed by atoms with E-state index in [9.17, 15) is 19.7 Å². The van der Waals surface area contributed by atoms with Crippen LogP contribution in [-0.4, -0.2) is 36.3 Å². The molecule has 0 spiro atoms. The van der Waals surface area contributed by atoms with Crippen molar-refractivity contribution in [2.75, 3.05) is 20.8 Å². The van der Waals surface area contributed by atoms with Gasteiger partial charge < -0.3 is 14.2 Å². The van der Waals surface area contributed by atoms with E-state index in [0.29, 0.717) is 37.7 Å². The average Bonchev–Trinajstić information content (AvgIpc) is 3.17. The summed E-state index contributed by atoms with van der Waals surface area (Å²) >= 11 is 1.16. The molecule has 0 N–H and O–H groups in total. The van der Waals surface area contributed by atoms with Crippen molar-refractivity contribution in [1.82, 2.24) is 4.57 Å². The SMILES string of the molecule is CCOC(=O)C1=C(C)N=c2s/c(=C/c3ccc([N+](=O)[O-])cc3)c(=O)n2[C@@H]1c1ccc(OC)cc1OC. The number of carbonyl (C=O) groups excluding carboxylic acids is 1. The standard InChI is InChI=1S/C25H23N3O7S/c1-5-35-24(30)21-14(2)26-25-27(22(21)18-11-10-17(33-3)13-19(18)34-4)23(29)20(36-25)12-15-6-8-16(9-7-15)28(31)32/h6-13,22H,5H2,1-4H3/b20-12+/t22-/m1/s1. The molecule has 1 aliphatic heterocycles. The molecule has 4 rings (SSSR count). The van der Waals surface area contributed by atoms with Gasteiger partial charge in [0.25, 0.3) is 11.2 Å². The predicted molar refractivity (Wildman–Crippen MR) is 133 cm³/mol. The molecule has 0 bridgehead atoms. The van der Waals surface area contributed by atoms with Gasteiger partial charge in [0.15, 0.2) is 4.80 Å². The fourth-order valence-electron chi connectivity index (χ4n) is 3.97. The van der Waals surface area contributed by atoms with Crippen LogP contribution < -0.4 is 24.4 Å². The highest BCUT2D eigenvalue weighted by atomic mass is 32.1. The summed E-state index contributed by atoms with van der Waals surface area (Å²) in [6, 6.07) is 10.2. The van der Waals surface area contributed by atoms with Crippen molar-refractivity contribution in [2.45, 2.75) is 19.9 Å². The molecule has 2 heterocycles. The summed E-state index contributed by atoms with van der Waals surface area (Å²) in [5.74, 6) is 0.409. The Labute approximate surface area is 209 Å². The highest BCUT2D eigenvalue weighted by Gasteiger charge is 2.35. The number of rotatable bonds is 7. The van der Waals surface area contributed by atoms with Gasteiger partial charge in [-0.3, -0.25) is 19.5 Å². The number of hydrogen-bond acceptors (Lipinski definition) is 9. The molecule has 1 aromatic heterocycles. The smallest absolute Gasteiger partial charge is 0.338 e. The van der Waals surface area contributed by atoms with Crippen LogP contribution in [0.4, 0.5) is 5.69 Å². The van der Waals surface area contributed by atoms with E-state index in [-0.39, 0.29) is 23.4 Å². The predicted octanol–water partition coefficient (Wildman–Crippen LogP) is 2.72. The molecule has 0 saturated heterocycles. The third kappa shape index (κ3) is 4.52. The average molecular weight is 510 g/mol. The number of aromatic nitrogens is 1. The van der Waals surface area contributed by atoms with Crippen LogP contribution in [0.1, 0.15) is 31.0 Å². The minimum atomic E-state index is -0.847. The Balaban J connectivity index is 1.95. The minimum Gasteiger partial charge on any atom is -0.497 e. The molecule has 186 valence electrons. The molecule has 0 unspecified atom stereocenters. The van der Waals surface area contributed by atoms with Crippen LogP contribution in [0.3, 0.4) is 0 Å². The topological polar surface area (TPSA) is 122 Å². The quantitative estimate of drug-likeness (QED) is 0.273. The van der Waals surface area contributed by atoms with Gasteiger partial charge in [-0.05, 0) is 49.8 Å². The largest absolute Gasteiger partial charge is 0.497 e.